The van der Waals surface area contributed by atoms with Crippen LogP contribution in [0.15, 0.2) is 53.5 Å². The molecule has 1 atom stereocenters. The lowest BCUT2D eigenvalue weighted by molar-refractivity contribution is 0.849. The van der Waals surface area contributed by atoms with Gasteiger partial charge in [0.05, 0.1) is 6.04 Å². The molecule has 0 fully saturated rings. The van der Waals surface area contributed by atoms with Crippen LogP contribution in [-0.4, -0.2) is 10.9 Å². The van der Waals surface area contributed by atoms with Gasteiger partial charge < -0.3 is 5.32 Å². The number of anilines is 1. The zero-order valence-electron chi connectivity index (χ0n) is 11.1. The molecule has 0 spiro atoms. The number of nitrogens with one attached hydrogen (secondary N) is 1. The van der Waals surface area contributed by atoms with E-state index in [4.69, 9.17) is 16.6 Å². The third-order valence-corrected chi connectivity index (χ3v) is 4.72. The number of hydrogen-bond donors (Lipinski definition) is 1. The lowest BCUT2D eigenvalue weighted by Gasteiger charge is -2.09. The van der Waals surface area contributed by atoms with Crippen molar-refractivity contribution in [2.45, 2.75) is 13.0 Å². The molecule has 1 unspecified atom stereocenters. The smallest absolute Gasteiger partial charge is 0.161 e. The van der Waals surface area contributed by atoms with Crippen LogP contribution in [0.25, 0.3) is 0 Å². The summed E-state index contributed by atoms with van der Waals surface area (Å²) in [6.07, 6.45) is 0. The number of rotatable bonds is 2. The van der Waals surface area contributed by atoms with Gasteiger partial charge in [-0.15, -0.1) is 0 Å². The first-order chi connectivity index (χ1) is 9.74. The normalized spacial score (nSPS) is 17.9. The van der Waals surface area contributed by atoms with Gasteiger partial charge in [-0.25, -0.2) is 0 Å². The molecule has 3 rings (SSSR count). The van der Waals surface area contributed by atoms with Crippen molar-refractivity contribution in [1.29, 1.82) is 0 Å². The van der Waals surface area contributed by atoms with Crippen LogP contribution in [0, 0.1) is 6.92 Å². The Kier molecular flexibility index (Phi) is 3.99. The average molecular weight is 303 g/mol. The fraction of sp³-hybridized carbons (Fsp3) is 0.188. The van der Waals surface area contributed by atoms with Crippen LogP contribution in [0.1, 0.15) is 17.2 Å². The van der Waals surface area contributed by atoms with Gasteiger partial charge in [-0.05, 0) is 30.2 Å². The molecule has 0 radical (unpaired) electrons. The summed E-state index contributed by atoms with van der Waals surface area (Å²) in [5.74, 6) is 0.978. The fourth-order valence-corrected chi connectivity index (χ4v) is 3.29. The molecule has 1 heterocycles. The fourth-order valence-electron chi connectivity index (χ4n) is 2.15. The van der Waals surface area contributed by atoms with Crippen molar-refractivity contribution < 1.29 is 0 Å². The predicted octanol–water partition coefficient (Wildman–Crippen LogP) is 4.90. The molecule has 0 amide bonds. The Balaban J connectivity index is 1.78. The number of hydrogen-bond acceptors (Lipinski definition) is 3. The maximum atomic E-state index is 6.14. The van der Waals surface area contributed by atoms with Gasteiger partial charge in [0.1, 0.15) is 0 Å². The van der Waals surface area contributed by atoms with Crippen molar-refractivity contribution >= 4 is 34.2 Å². The van der Waals surface area contributed by atoms with Crippen molar-refractivity contribution in [1.82, 2.24) is 0 Å². The molecule has 2 aromatic carbocycles. The van der Waals surface area contributed by atoms with Gasteiger partial charge in [-0.2, -0.15) is 0 Å². The van der Waals surface area contributed by atoms with Crippen LogP contribution in [-0.2, 0) is 0 Å². The third kappa shape index (κ3) is 2.84. The lowest BCUT2D eigenvalue weighted by atomic mass is 10.1. The van der Waals surface area contributed by atoms with E-state index in [-0.39, 0.29) is 6.04 Å². The molecule has 0 saturated carbocycles. The Labute approximate surface area is 128 Å². The van der Waals surface area contributed by atoms with Crippen molar-refractivity contribution in [3.8, 4) is 0 Å². The van der Waals surface area contributed by atoms with Gasteiger partial charge >= 0.3 is 0 Å². The minimum atomic E-state index is 0.239. The van der Waals surface area contributed by atoms with Gasteiger partial charge in [0.15, 0.2) is 5.17 Å². The van der Waals surface area contributed by atoms with Gasteiger partial charge in [0, 0.05) is 16.5 Å². The Hall–Kier alpha value is -1.45. The van der Waals surface area contributed by atoms with E-state index in [0.29, 0.717) is 0 Å². The van der Waals surface area contributed by atoms with E-state index in [9.17, 15) is 0 Å². The molecule has 0 bridgehead atoms. The maximum absolute atomic E-state index is 6.14. The number of nitrogens with zero attached hydrogens (tertiary/aromatic N) is 1. The number of thioether (sulfide) groups is 1. The highest BCUT2D eigenvalue weighted by molar-refractivity contribution is 8.14. The summed E-state index contributed by atoms with van der Waals surface area (Å²) in [5.41, 5.74) is 3.35. The summed E-state index contributed by atoms with van der Waals surface area (Å²) in [6.45, 7) is 2.01. The second-order valence-electron chi connectivity index (χ2n) is 4.71. The molecular weight excluding hydrogens is 288 g/mol. The summed E-state index contributed by atoms with van der Waals surface area (Å²) in [5, 5.41) is 5.12. The lowest BCUT2D eigenvalue weighted by Crippen LogP contribution is -2.06. The zero-order chi connectivity index (χ0) is 13.9. The SMILES string of the molecule is Cc1c(Cl)cccc1NC1=NC(c2ccccc2)CS1. The van der Waals surface area contributed by atoms with Crippen molar-refractivity contribution in [3.63, 3.8) is 0 Å². The van der Waals surface area contributed by atoms with Crippen LogP contribution in [0.4, 0.5) is 5.69 Å². The Bertz CT molecular complexity index is 640. The monoisotopic (exact) mass is 302 g/mol. The van der Waals surface area contributed by atoms with E-state index in [1.165, 1.54) is 5.56 Å². The summed E-state index contributed by atoms with van der Waals surface area (Å²) in [7, 11) is 0. The topological polar surface area (TPSA) is 24.4 Å². The highest BCUT2D eigenvalue weighted by atomic mass is 35.5. The first-order valence-corrected chi connectivity index (χ1v) is 7.88. The van der Waals surface area contributed by atoms with Crippen LogP contribution in [0.3, 0.4) is 0 Å². The summed E-state index contributed by atoms with van der Waals surface area (Å²) in [6, 6.07) is 16.5. The molecule has 4 heteroatoms. The molecule has 20 heavy (non-hydrogen) atoms. The quantitative estimate of drug-likeness (QED) is 0.853. The second-order valence-corrected chi connectivity index (χ2v) is 6.13. The van der Waals surface area contributed by atoms with Gasteiger partial charge in [-0.1, -0.05) is 59.8 Å². The van der Waals surface area contributed by atoms with Gasteiger partial charge in [0.2, 0.25) is 0 Å². The average Bonchev–Trinajstić information content (AvgIpc) is 2.93. The standard InChI is InChI=1S/C16H15ClN2S/c1-11-13(17)8-5-9-14(11)18-16-19-15(10-20-16)12-6-3-2-4-7-12/h2-9,15H,10H2,1H3,(H,18,19). The van der Waals surface area contributed by atoms with E-state index < -0.39 is 0 Å². The molecule has 1 N–H and O–H groups in total. The predicted molar refractivity (Wildman–Crippen MR) is 88.9 cm³/mol. The third-order valence-electron chi connectivity index (χ3n) is 3.34. The number of amidine groups is 1. The zero-order valence-corrected chi connectivity index (χ0v) is 12.7. The van der Waals surface area contributed by atoms with E-state index >= 15 is 0 Å². The number of aliphatic imine (C=N–C) groups is 1. The van der Waals surface area contributed by atoms with E-state index in [1.807, 2.05) is 31.2 Å². The number of halogens is 1. The minimum Gasteiger partial charge on any atom is -0.335 e. The Morgan fingerprint density at radius 2 is 1.95 bits per heavy atom. The van der Waals surface area contributed by atoms with Crippen LogP contribution < -0.4 is 5.32 Å². The summed E-state index contributed by atoms with van der Waals surface area (Å²) < 4.78 is 0. The van der Waals surface area contributed by atoms with E-state index in [2.05, 4.69) is 29.6 Å². The number of benzene rings is 2. The van der Waals surface area contributed by atoms with Crippen molar-refractivity contribution in [2.24, 2.45) is 4.99 Å². The highest BCUT2D eigenvalue weighted by Crippen LogP contribution is 2.32. The molecular formula is C16H15ClN2S. The maximum Gasteiger partial charge on any atom is 0.161 e. The van der Waals surface area contributed by atoms with Crippen LogP contribution in [0.2, 0.25) is 5.02 Å². The van der Waals surface area contributed by atoms with Crippen molar-refractivity contribution in [2.75, 3.05) is 11.1 Å². The largest absolute Gasteiger partial charge is 0.335 e. The molecule has 102 valence electrons. The van der Waals surface area contributed by atoms with Crippen LogP contribution in [0.5, 0.6) is 0 Å². The minimum absolute atomic E-state index is 0.239. The summed E-state index contributed by atoms with van der Waals surface area (Å²) in [4.78, 5) is 4.75. The summed E-state index contributed by atoms with van der Waals surface area (Å²) >= 11 is 7.89. The second kappa shape index (κ2) is 5.90. The highest BCUT2D eigenvalue weighted by Gasteiger charge is 2.20. The first-order valence-electron chi connectivity index (χ1n) is 6.52. The van der Waals surface area contributed by atoms with E-state index in [1.54, 1.807) is 11.8 Å². The van der Waals surface area contributed by atoms with E-state index in [0.717, 1.165) is 27.2 Å². The molecule has 1 aliphatic rings. The molecule has 0 aromatic heterocycles. The van der Waals surface area contributed by atoms with Gasteiger partial charge in [-0.3, -0.25) is 4.99 Å². The molecule has 2 nitrogen and oxygen atoms in total. The first kappa shape index (κ1) is 13.5. The van der Waals surface area contributed by atoms with Crippen molar-refractivity contribution in [3.05, 3.63) is 64.7 Å². The molecule has 2 aromatic rings. The molecule has 1 aliphatic heterocycles. The van der Waals surface area contributed by atoms with Gasteiger partial charge in [0.25, 0.3) is 0 Å². The Morgan fingerprint density at radius 1 is 1.15 bits per heavy atom. The molecule has 0 aliphatic carbocycles. The molecule has 0 saturated heterocycles. The van der Waals surface area contributed by atoms with Crippen LogP contribution >= 0.6 is 23.4 Å². The Morgan fingerprint density at radius 3 is 2.75 bits per heavy atom.